The van der Waals surface area contributed by atoms with Crippen LogP contribution in [0, 0.1) is 15.9 Å². The summed E-state index contributed by atoms with van der Waals surface area (Å²) in [4.78, 5) is 20.8. The third-order valence-corrected chi connectivity index (χ3v) is 2.88. The van der Waals surface area contributed by atoms with Crippen molar-refractivity contribution in [1.82, 2.24) is 0 Å². The molecule has 0 fully saturated rings. The van der Waals surface area contributed by atoms with E-state index in [0.29, 0.717) is 6.42 Å². The highest BCUT2D eigenvalue weighted by molar-refractivity contribution is 5.68. The fourth-order valence-electron chi connectivity index (χ4n) is 1.96. The summed E-state index contributed by atoms with van der Waals surface area (Å²) in [5, 5.41) is 22.4. The van der Waals surface area contributed by atoms with Gasteiger partial charge in [-0.25, -0.2) is 4.39 Å². The second kappa shape index (κ2) is 7.41. The first kappa shape index (κ1) is 16.7. The van der Waals surface area contributed by atoms with Crippen molar-refractivity contribution in [2.24, 2.45) is 0 Å². The Labute approximate surface area is 120 Å². The standard InChI is InChI=1S/C13H17FN2O5/c1-3-4-8(5-13(17)18)15-10-7-12(21-2)11(16(19)20)6-9(10)14/h6-8,15H,3-5H2,1-2H3,(H,17,18). The first-order valence-corrected chi connectivity index (χ1v) is 6.39. The Bertz CT molecular complexity index is 536. The average molecular weight is 300 g/mol. The molecule has 116 valence electrons. The Morgan fingerprint density at radius 2 is 2.24 bits per heavy atom. The highest BCUT2D eigenvalue weighted by Gasteiger charge is 2.21. The number of hydrogen-bond acceptors (Lipinski definition) is 5. The van der Waals surface area contributed by atoms with E-state index in [1.807, 2.05) is 6.92 Å². The van der Waals surface area contributed by atoms with Crippen molar-refractivity contribution in [2.75, 3.05) is 12.4 Å². The Hall–Kier alpha value is -2.38. The van der Waals surface area contributed by atoms with E-state index in [4.69, 9.17) is 9.84 Å². The molecule has 1 aromatic rings. The number of nitro benzene ring substituents is 1. The number of aliphatic carboxylic acids is 1. The number of benzene rings is 1. The number of nitrogens with one attached hydrogen (secondary N) is 1. The van der Waals surface area contributed by atoms with E-state index in [1.165, 1.54) is 7.11 Å². The van der Waals surface area contributed by atoms with Crippen LogP contribution in [0.3, 0.4) is 0 Å². The normalized spacial score (nSPS) is 11.8. The molecule has 0 saturated heterocycles. The number of nitro groups is 1. The van der Waals surface area contributed by atoms with Crippen molar-refractivity contribution in [2.45, 2.75) is 32.2 Å². The van der Waals surface area contributed by atoms with Gasteiger partial charge in [-0.2, -0.15) is 0 Å². The lowest BCUT2D eigenvalue weighted by molar-refractivity contribution is -0.385. The molecule has 0 aliphatic carbocycles. The van der Waals surface area contributed by atoms with Gasteiger partial charge in [0, 0.05) is 12.1 Å². The van der Waals surface area contributed by atoms with Crippen LogP contribution in [0.5, 0.6) is 5.75 Å². The molecule has 1 aromatic carbocycles. The van der Waals surface area contributed by atoms with Crippen LogP contribution in [0.25, 0.3) is 0 Å². The molecule has 0 saturated carbocycles. The molecule has 0 aliphatic heterocycles. The van der Waals surface area contributed by atoms with Crippen molar-refractivity contribution in [3.63, 3.8) is 0 Å². The van der Waals surface area contributed by atoms with E-state index < -0.39 is 28.4 Å². The van der Waals surface area contributed by atoms with Gasteiger partial charge in [-0.05, 0) is 6.42 Å². The molecular formula is C13H17FN2O5. The summed E-state index contributed by atoms with van der Waals surface area (Å²) in [6.45, 7) is 1.88. The molecule has 0 aromatic heterocycles. The molecule has 1 rings (SSSR count). The minimum absolute atomic E-state index is 0.0165. The van der Waals surface area contributed by atoms with Crippen LogP contribution < -0.4 is 10.1 Å². The van der Waals surface area contributed by atoms with Gasteiger partial charge in [0.05, 0.1) is 30.2 Å². The number of carboxylic acid groups (broad SMARTS) is 1. The van der Waals surface area contributed by atoms with Crippen molar-refractivity contribution >= 4 is 17.3 Å². The summed E-state index contributed by atoms with van der Waals surface area (Å²) >= 11 is 0. The fraction of sp³-hybridized carbons (Fsp3) is 0.462. The smallest absolute Gasteiger partial charge is 0.313 e. The number of anilines is 1. The van der Waals surface area contributed by atoms with Crippen molar-refractivity contribution in [3.05, 3.63) is 28.1 Å². The summed E-state index contributed by atoms with van der Waals surface area (Å²) in [5.41, 5.74) is -0.497. The van der Waals surface area contributed by atoms with E-state index in [1.54, 1.807) is 0 Å². The number of carbonyl (C=O) groups is 1. The van der Waals surface area contributed by atoms with Crippen molar-refractivity contribution < 1.29 is 24.0 Å². The molecule has 2 N–H and O–H groups in total. The minimum atomic E-state index is -1.00. The van der Waals surface area contributed by atoms with E-state index in [0.717, 1.165) is 18.6 Å². The summed E-state index contributed by atoms with van der Waals surface area (Å²) < 4.78 is 18.8. The second-order valence-corrected chi connectivity index (χ2v) is 4.49. The first-order valence-electron chi connectivity index (χ1n) is 6.39. The Morgan fingerprint density at radius 3 is 2.71 bits per heavy atom. The molecule has 0 amide bonds. The van der Waals surface area contributed by atoms with Gasteiger partial charge in [0.25, 0.3) is 0 Å². The molecule has 7 nitrogen and oxygen atoms in total. The Morgan fingerprint density at radius 1 is 1.57 bits per heavy atom. The lowest BCUT2D eigenvalue weighted by atomic mass is 10.1. The van der Waals surface area contributed by atoms with Crippen LogP contribution in [0.1, 0.15) is 26.2 Å². The molecule has 21 heavy (non-hydrogen) atoms. The fourth-order valence-corrected chi connectivity index (χ4v) is 1.96. The zero-order valence-electron chi connectivity index (χ0n) is 11.8. The van der Waals surface area contributed by atoms with E-state index in [2.05, 4.69) is 5.32 Å². The second-order valence-electron chi connectivity index (χ2n) is 4.49. The van der Waals surface area contributed by atoms with Gasteiger partial charge in [0.1, 0.15) is 0 Å². The maximum Gasteiger partial charge on any atom is 0.313 e. The number of carboxylic acids is 1. The summed E-state index contributed by atoms with van der Waals surface area (Å²) in [7, 11) is 1.24. The lowest BCUT2D eigenvalue weighted by Gasteiger charge is -2.18. The van der Waals surface area contributed by atoms with Gasteiger partial charge >= 0.3 is 11.7 Å². The van der Waals surface area contributed by atoms with Gasteiger partial charge in [0.15, 0.2) is 11.6 Å². The number of rotatable bonds is 8. The van der Waals surface area contributed by atoms with Crippen LogP contribution >= 0.6 is 0 Å². The predicted molar refractivity (Wildman–Crippen MR) is 74.2 cm³/mol. The van der Waals surface area contributed by atoms with Crippen LogP contribution in [-0.4, -0.2) is 29.2 Å². The van der Waals surface area contributed by atoms with Crippen molar-refractivity contribution in [3.8, 4) is 5.75 Å². The monoisotopic (exact) mass is 300 g/mol. The van der Waals surface area contributed by atoms with Gasteiger partial charge in [-0.1, -0.05) is 13.3 Å². The van der Waals surface area contributed by atoms with Crippen LogP contribution in [-0.2, 0) is 4.79 Å². The predicted octanol–water partition coefficient (Wildman–Crippen LogP) is 2.80. The summed E-state index contributed by atoms with van der Waals surface area (Å²) in [5.74, 6) is -1.92. The number of nitrogens with zero attached hydrogens (tertiary/aromatic N) is 1. The molecule has 1 atom stereocenters. The van der Waals surface area contributed by atoms with E-state index in [9.17, 15) is 19.3 Å². The van der Waals surface area contributed by atoms with E-state index in [-0.39, 0.29) is 17.9 Å². The Balaban J connectivity index is 3.06. The van der Waals surface area contributed by atoms with Crippen molar-refractivity contribution in [1.29, 1.82) is 0 Å². The first-order chi connectivity index (χ1) is 9.88. The zero-order valence-corrected chi connectivity index (χ0v) is 11.8. The molecule has 0 aliphatic rings. The van der Waals surface area contributed by atoms with Gasteiger partial charge < -0.3 is 15.2 Å². The van der Waals surface area contributed by atoms with Crippen LogP contribution in [0.4, 0.5) is 15.8 Å². The molecule has 8 heteroatoms. The maximum absolute atomic E-state index is 13.9. The minimum Gasteiger partial charge on any atom is -0.490 e. The number of hydrogen-bond donors (Lipinski definition) is 2. The molecular weight excluding hydrogens is 283 g/mol. The van der Waals surface area contributed by atoms with E-state index >= 15 is 0 Å². The quantitative estimate of drug-likeness (QED) is 0.565. The van der Waals surface area contributed by atoms with Gasteiger partial charge in [-0.3, -0.25) is 14.9 Å². The molecule has 0 heterocycles. The zero-order chi connectivity index (χ0) is 16.0. The summed E-state index contributed by atoms with van der Waals surface area (Å²) in [6, 6.07) is 1.45. The third-order valence-electron chi connectivity index (χ3n) is 2.88. The number of ether oxygens (including phenoxy) is 1. The lowest BCUT2D eigenvalue weighted by Crippen LogP contribution is -2.23. The third kappa shape index (κ3) is 4.59. The topological polar surface area (TPSA) is 102 Å². The van der Waals surface area contributed by atoms with Crippen LogP contribution in [0.15, 0.2) is 12.1 Å². The highest BCUT2D eigenvalue weighted by Crippen LogP contribution is 2.32. The molecule has 1 unspecified atom stereocenters. The number of halogens is 1. The SMILES string of the molecule is CCCC(CC(=O)O)Nc1cc(OC)c([N+](=O)[O-])cc1F. The number of methoxy groups -OCH3 is 1. The molecule has 0 bridgehead atoms. The van der Waals surface area contributed by atoms with Crippen LogP contribution in [0.2, 0.25) is 0 Å². The maximum atomic E-state index is 13.9. The van der Waals surface area contributed by atoms with Gasteiger partial charge in [0.2, 0.25) is 0 Å². The molecule has 0 radical (unpaired) electrons. The highest BCUT2D eigenvalue weighted by atomic mass is 19.1. The summed E-state index contributed by atoms with van der Waals surface area (Å²) in [6.07, 6.45) is 1.08. The largest absolute Gasteiger partial charge is 0.490 e. The molecule has 0 spiro atoms. The van der Waals surface area contributed by atoms with Gasteiger partial charge in [-0.15, -0.1) is 0 Å². The average Bonchev–Trinajstić information content (AvgIpc) is 2.39. The Kier molecular flexibility index (Phi) is 5.89.